The summed E-state index contributed by atoms with van der Waals surface area (Å²) >= 11 is 0. The van der Waals surface area contributed by atoms with Gasteiger partial charge in [0.25, 0.3) is 0 Å². The summed E-state index contributed by atoms with van der Waals surface area (Å²) in [4.78, 5) is 0. The van der Waals surface area contributed by atoms with Crippen molar-refractivity contribution in [3.63, 3.8) is 0 Å². The average molecular weight is 247 g/mol. The first-order valence-electron chi connectivity index (χ1n) is 5.82. The highest BCUT2D eigenvalue weighted by atomic mass is 16.4. The molecule has 0 atom stereocenters. The van der Waals surface area contributed by atoms with Crippen LogP contribution in [0.5, 0.6) is 0 Å². The van der Waals surface area contributed by atoms with Crippen molar-refractivity contribution >= 4 is 5.84 Å². The Kier molecular flexibility index (Phi) is 3.36. The molecule has 0 aliphatic carbocycles. The van der Waals surface area contributed by atoms with E-state index in [1.165, 1.54) is 0 Å². The molecule has 6 nitrogen and oxygen atoms in total. The van der Waals surface area contributed by atoms with Crippen molar-refractivity contribution in [3.05, 3.63) is 41.5 Å². The van der Waals surface area contributed by atoms with Crippen molar-refractivity contribution in [2.75, 3.05) is 0 Å². The van der Waals surface area contributed by atoms with E-state index in [1.807, 2.05) is 40.6 Å². The van der Waals surface area contributed by atoms with Gasteiger partial charge in [0.05, 0.1) is 23.6 Å². The fourth-order valence-corrected chi connectivity index (χ4v) is 2.01. The van der Waals surface area contributed by atoms with Crippen molar-refractivity contribution in [1.82, 2.24) is 14.3 Å². The molecule has 0 bridgehead atoms. The summed E-state index contributed by atoms with van der Waals surface area (Å²) in [7, 11) is 0. The molecule has 0 saturated heterocycles. The molecular weight excluding hydrogens is 230 g/mol. The second kappa shape index (κ2) is 4.95. The van der Waals surface area contributed by atoms with Crippen LogP contribution < -0.4 is 5.73 Å². The van der Waals surface area contributed by atoms with Crippen LogP contribution in [0, 0.1) is 6.92 Å². The quantitative estimate of drug-likeness (QED) is 0.368. The summed E-state index contributed by atoms with van der Waals surface area (Å²) in [5.41, 5.74) is 8.40. The fraction of sp³-hybridized carbons (Fsp3) is 0.333. The van der Waals surface area contributed by atoms with Gasteiger partial charge in [-0.05, 0) is 32.0 Å². The van der Waals surface area contributed by atoms with Gasteiger partial charge in [-0.2, -0.15) is 5.10 Å². The zero-order valence-corrected chi connectivity index (χ0v) is 10.5. The van der Waals surface area contributed by atoms with E-state index in [4.69, 9.17) is 10.9 Å². The molecule has 18 heavy (non-hydrogen) atoms. The number of rotatable bonds is 4. The van der Waals surface area contributed by atoms with Crippen LogP contribution in [0.4, 0.5) is 0 Å². The maximum absolute atomic E-state index is 8.73. The van der Waals surface area contributed by atoms with Crippen LogP contribution >= 0.6 is 0 Å². The molecule has 2 heterocycles. The van der Waals surface area contributed by atoms with Gasteiger partial charge in [-0.15, -0.1) is 0 Å². The predicted octanol–water partition coefficient (Wildman–Crippen LogP) is 1.16. The summed E-state index contributed by atoms with van der Waals surface area (Å²) in [6, 6.07) is 5.72. The van der Waals surface area contributed by atoms with Crippen LogP contribution in [0.3, 0.4) is 0 Å². The van der Waals surface area contributed by atoms with Gasteiger partial charge in [0.2, 0.25) is 0 Å². The van der Waals surface area contributed by atoms with E-state index in [1.54, 1.807) is 0 Å². The summed E-state index contributed by atoms with van der Waals surface area (Å²) in [5, 5.41) is 16.2. The molecule has 0 unspecified atom stereocenters. The van der Waals surface area contributed by atoms with Crippen LogP contribution in [0.2, 0.25) is 0 Å². The minimum Gasteiger partial charge on any atom is -0.409 e. The van der Waals surface area contributed by atoms with E-state index in [9.17, 15) is 0 Å². The minimum absolute atomic E-state index is 0.110. The van der Waals surface area contributed by atoms with E-state index in [2.05, 4.69) is 17.2 Å². The monoisotopic (exact) mass is 247 g/mol. The number of aromatic nitrogens is 3. The molecule has 2 aromatic heterocycles. The van der Waals surface area contributed by atoms with Crippen LogP contribution in [0.15, 0.2) is 29.6 Å². The molecule has 6 heteroatoms. The molecule has 2 aromatic rings. The highest BCUT2D eigenvalue weighted by molar-refractivity contribution is 5.95. The Morgan fingerprint density at radius 2 is 2.33 bits per heavy atom. The molecule has 0 aliphatic rings. The number of nitrogens with two attached hydrogens (primary N) is 1. The van der Waals surface area contributed by atoms with Crippen LogP contribution in [-0.2, 0) is 13.1 Å². The zero-order valence-electron chi connectivity index (χ0n) is 10.5. The number of hydrogen-bond donors (Lipinski definition) is 2. The minimum atomic E-state index is 0.110. The highest BCUT2D eigenvalue weighted by Gasteiger charge is 2.09. The van der Waals surface area contributed by atoms with Crippen molar-refractivity contribution < 1.29 is 5.21 Å². The van der Waals surface area contributed by atoms with E-state index in [0.29, 0.717) is 12.2 Å². The lowest BCUT2D eigenvalue weighted by atomic mass is 10.3. The standard InChI is InChI=1S/C12H17N5O/c1-3-17-10(7-9(2)14-17)8-16-6-4-5-11(16)12(13)15-18/h4-7,18H,3,8H2,1-2H3,(H2,13,15). The van der Waals surface area contributed by atoms with E-state index < -0.39 is 0 Å². The predicted molar refractivity (Wildman–Crippen MR) is 68.7 cm³/mol. The lowest BCUT2D eigenvalue weighted by molar-refractivity contribution is 0.318. The van der Waals surface area contributed by atoms with Gasteiger partial charge in [-0.25, -0.2) is 0 Å². The SMILES string of the molecule is CCn1nc(C)cc1Cn1cccc1/C(N)=N/O. The normalized spacial score (nSPS) is 12.0. The van der Waals surface area contributed by atoms with Crippen LogP contribution in [-0.4, -0.2) is 25.4 Å². The Morgan fingerprint density at radius 1 is 1.56 bits per heavy atom. The van der Waals surface area contributed by atoms with Crippen molar-refractivity contribution in [3.8, 4) is 0 Å². The first kappa shape index (κ1) is 12.2. The van der Waals surface area contributed by atoms with Crippen molar-refractivity contribution in [2.24, 2.45) is 10.9 Å². The number of hydrogen-bond acceptors (Lipinski definition) is 3. The number of oxime groups is 1. The second-order valence-corrected chi connectivity index (χ2v) is 4.10. The number of amidine groups is 1. The van der Waals surface area contributed by atoms with Gasteiger partial charge in [-0.3, -0.25) is 4.68 Å². The molecular formula is C12H17N5O. The zero-order chi connectivity index (χ0) is 13.1. The highest BCUT2D eigenvalue weighted by Crippen LogP contribution is 2.09. The Hall–Kier alpha value is -2.24. The molecule has 0 aromatic carbocycles. The molecule has 0 radical (unpaired) electrons. The Balaban J connectivity index is 2.31. The molecule has 0 aliphatic heterocycles. The molecule has 0 saturated carbocycles. The third-order valence-corrected chi connectivity index (χ3v) is 2.82. The van der Waals surface area contributed by atoms with E-state index >= 15 is 0 Å². The maximum Gasteiger partial charge on any atom is 0.186 e. The lowest BCUT2D eigenvalue weighted by Crippen LogP contribution is -2.19. The number of nitrogens with zero attached hydrogens (tertiary/aromatic N) is 4. The second-order valence-electron chi connectivity index (χ2n) is 4.10. The molecule has 0 spiro atoms. The van der Waals surface area contributed by atoms with Gasteiger partial charge in [0.15, 0.2) is 5.84 Å². The third-order valence-electron chi connectivity index (χ3n) is 2.82. The molecule has 0 fully saturated rings. The molecule has 0 amide bonds. The average Bonchev–Trinajstić information content (AvgIpc) is 2.95. The smallest absolute Gasteiger partial charge is 0.186 e. The Labute approximate surface area is 105 Å². The van der Waals surface area contributed by atoms with E-state index in [-0.39, 0.29) is 5.84 Å². The first-order chi connectivity index (χ1) is 8.65. The van der Waals surface area contributed by atoms with E-state index in [0.717, 1.165) is 17.9 Å². The summed E-state index contributed by atoms with van der Waals surface area (Å²) in [6.07, 6.45) is 1.90. The summed E-state index contributed by atoms with van der Waals surface area (Å²) in [5.74, 6) is 0.110. The molecule has 96 valence electrons. The van der Waals surface area contributed by atoms with Crippen molar-refractivity contribution in [1.29, 1.82) is 0 Å². The topological polar surface area (TPSA) is 81.4 Å². The Morgan fingerprint density at radius 3 is 3.00 bits per heavy atom. The van der Waals surface area contributed by atoms with Gasteiger partial charge < -0.3 is 15.5 Å². The van der Waals surface area contributed by atoms with Gasteiger partial charge in [0, 0.05) is 12.7 Å². The fourth-order valence-electron chi connectivity index (χ4n) is 2.01. The Bertz CT molecular complexity index is 567. The van der Waals surface area contributed by atoms with Crippen LogP contribution in [0.25, 0.3) is 0 Å². The van der Waals surface area contributed by atoms with Crippen LogP contribution in [0.1, 0.15) is 24.0 Å². The lowest BCUT2D eigenvalue weighted by Gasteiger charge is -2.09. The van der Waals surface area contributed by atoms with Gasteiger partial charge in [-0.1, -0.05) is 5.16 Å². The third kappa shape index (κ3) is 2.22. The number of aryl methyl sites for hydroxylation is 2. The van der Waals surface area contributed by atoms with Gasteiger partial charge in [0.1, 0.15) is 0 Å². The van der Waals surface area contributed by atoms with Crippen molar-refractivity contribution in [2.45, 2.75) is 26.9 Å². The maximum atomic E-state index is 8.73. The first-order valence-corrected chi connectivity index (χ1v) is 5.82. The summed E-state index contributed by atoms with van der Waals surface area (Å²) in [6.45, 7) is 5.49. The largest absolute Gasteiger partial charge is 0.409 e. The molecule has 3 N–H and O–H groups in total. The summed E-state index contributed by atoms with van der Waals surface area (Å²) < 4.78 is 3.88. The van der Waals surface area contributed by atoms with Gasteiger partial charge >= 0.3 is 0 Å². The molecule has 2 rings (SSSR count).